The second-order valence-electron chi connectivity index (χ2n) is 2.48. The summed E-state index contributed by atoms with van der Waals surface area (Å²) < 4.78 is 0. The molecule has 60 valence electrons. The molecule has 0 aliphatic heterocycles. The van der Waals surface area contributed by atoms with Crippen LogP contribution in [0.5, 0.6) is 0 Å². The highest BCUT2D eigenvalue weighted by atomic mass is 16.2. The van der Waals surface area contributed by atoms with Gasteiger partial charge in [-0.2, -0.15) is 0 Å². The van der Waals surface area contributed by atoms with Crippen molar-refractivity contribution < 1.29 is 5.11 Å². The molecule has 0 fully saturated rings. The van der Waals surface area contributed by atoms with Crippen molar-refractivity contribution >= 4 is 6.21 Å². The molecular weight excluding hydrogens is 138 g/mol. The molecule has 0 saturated carbocycles. The average molecular weight is 151 g/mol. The van der Waals surface area contributed by atoms with E-state index in [0.717, 1.165) is 13.0 Å². The van der Waals surface area contributed by atoms with Crippen molar-refractivity contribution in [2.45, 2.75) is 6.42 Å². The summed E-state index contributed by atoms with van der Waals surface area (Å²) in [7, 11) is 0. The van der Waals surface area contributed by atoms with Crippen molar-refractivity contribution in [3.8, 4) is 0 Å². The molecule has 1 rings (SSSR count). The van der Waals surface area contributed by atoms with Gasteiger partial charge in [0.15, 0.2) is 0 Å². The highest BCUT2D eigenvalue weighted by molar-refractivity contribution is 5.67. The predicted molar refractivity (Wildman–Crippen MR) is 46.8 cm³/mol. The zero-order valence-electron chi connectivity index (χ0n) is 6.48. The van der Waals surface area contributed by atoms with Gasteiger partial charge >= 0.3 is 0 Å². The van der Waals surface area contributed by atoms with Crippen LogP contribution < -0.4 is 0 Å². The van der Waals surface area contributed by atoms with Gasteiger partial charge in [-0.25, -0.2) is 0 Å². The van der Waals surface area contributed by atoms with Crippen molar-refractivity contribution in [3.63, 3.8) is 0 Å². The first-order chi connectivity index (χ1) is 5.43. The lowest BCUT2D eigenvalue weighted by molar-refractivity contribution is 0.291. The minimum absolute atomic E-state index is 0.230. The normalized spacial score (nSPS) is 17.2. The van der Waals surface area contributed by atoms with Crippen molar-refractivity contribution in [3.05, 3.63) is 24.3 Å². The van der Waals surface area contributed by atoms with E-state index in [1.54, 1.807) is 0 Å². The molecule has 0 amide bonds. The van der Waals surface area contributed by atoms with E-state index in [-0.39, 0.29) is 6.61 Å². The Hall–Kier alpha value is -0.890. The molecule has 0 unspecified atom stereocenters. The van der Waals surface area contributed by atoms with Crippen LogP contribution in [0.1, 0.15) is 6.42 Å². The zero-order chi connectivity index (χ0) is 7.94. The molecule has 0 aromatic carbocycles. The summed E-state index contributed by atoms with van der Waals surface area (Å²) in [4.78, 5) is 4.16. The monoisotopic (exact) mass is 151 g/mol. The van der Waals surface area contributed by atoms with Gasteiger partial charge in [-0.15, -0.1) is 0 Å². The van der Waals surface area contributed by atoms with E-state index < -0.39 is 0 Å². The molecule has 0 aromatic rings. The number of allylic oxidation sites excluding steroid dienone is 4. The van der Waals surface area contributed by atoms with Gasteiger partial charge in [-0.05, 0) is 6.42 Å². The highest BCUT2D eigenvalue weighted by Gasteiger charge is 1.96. The van der Waals surface area contributed by atoms with E-state index in [1.165, 1.54) is 0 Å². The average Bonchev–Trinajstić information content (AvgIpc) is 2.50. The Kier molecular flexibility index (Phi) is 3.62. The number of aliphatic hydroxyl groups excluding tert-OH is 1. The maximum Gasteiger partial charge on any atom is 0.0448 e. The molecular formula is C9H13NO. The van der Waals surface area contributed by atoms with Gasteiger partial charge in [0.25, 0.3) is 0 Å². The topological polar surface area (TPSA) is 32.6 Å². The standard InChI is InChI=1S/C9H13NO/c11-7-3-6-10-8-9-4-1-2-5-9/h1-2,4-5,8-9,11H,3,6-7H2. The van der Waals surface area contributed by atoms with Gasteiger partial charge in [0.2, 0.25) is 0 Å². The fraction of sp³-hybridized carbons (Fsp3) is 0.444. The van der Waals surface area contributed by atoms with Crippen LogP contribution >= 0.6 is 0 Å². The molecule has 11 heavy (non-hydrogen) atoms. The quantitative estimate of drug-likeness (QED) is 0.475. The molecule has 1 aliphatic rings. The summed E-state index contributed by atoms with van der Waals surface area (Å²) in [5.41, 5.74) is 0. The first kappa shape index (κ1) is 8.21. The number of aliphatic imine (C=N–C) groups is 1. The Morgan fingerprint density at radius 3 is 2.73 bits per heavy atom. The van der Waals surface area contributed by atoms with E-state index >= 15 is 0 Å². The van der Waals surface area contributed by atoms with E-state index in [0.29, 0.717) is 5.92 Å². The molecule has 0 bridgehead atoms. The summed E-state index contributed by atoms with van der Waals surface area (Å²) in [5, 5.41) is 8.46. The maximum atomic E-state index is 8.46. The number of aliphatic hydroxyl groups is 1. The van der Waals surface area contributed by atoms with E-state index in [1.807, 2.05) is 18.4 Å². The van der Waals surface area contributed by atoms with Gasteiger partial charge < -0.3 is 5.11 Å². The van der Waals surface area contributed by atoms with Crippen LogP contribution in [0.15, 0.2) is 29.3 Å². The van der Waals surface area contributed by atoms with Crippen LogP contribution in [0.4, 0.5) is 0 Å². The minimum Gasteiger partial charge on any atom is -0.396 e. The smallest absolute Gasteiger partial charge is 0.0448 e. The number of nitrogens with zero attached hydrogens (tertiary/aromatic N) is 1. The summed E-state index contributed by atoms with van der Waals surface area (Å²) in [6, 6.07) is 0. The van der Waals surface area contributed by atoms with Crippen molar-refractivity contribution in [1.29, 1.82) is 0 Å². The lowest BCUT2D eigenvalue weighted by Gasteiger charge is -1.93. The molecule has 1 N–H and O–H groups in total. The molecule has 2 heteroatoms. The first-order valence-corrected chi connectivity index (χ1v) is 3.89. The first-order valence-electron chi connectivity index (χ1n) is 3.89. The van der Waals surface area contributed by atoms with Gasteiger partial charge in [0.1, 0.15) is 0 Å². The predicted octanol–water partition coefficient (Wildman–Crippen LogP) is 1.18. The fourth-order valence-electron chi connectivity index (χ4n) is 0.907. The number of hydrogen-bond acceptors (Lipinski definition) is 2. The Morgan fingerprint density at radius 2 is 2.09 bits per heavy atom. The van der Waals surface area contributed by atoms with Crippen molar-refractivity contribution in [2.24, 2.45) is 10.9 Å². The van der Waals surface area contributed by atoms with E-state index in [9.17, 15) is 0 Å². The van der Waals surface area contributed by atoms with Crippen LogP contribution in [0.2, 0.25) is 0 Å². The summed E-state index contributed by atoms with van der Waals surface area (Å²) in [5.74, 6) is 0.383. The largest absolute Gasteiger partial charge is 0.396 e. The Labute approximate surface area is 67.0 Å². The summed E-state index contributed by atoms with van der Waals surface area (Å²) in [6.07, 6.45) is 10.9. The lowest BCUT2D eigenvalue weighted by atomic mass is 10.2. The van der Waals surface area contributed by atoms with Crippen LogP contribution in [0.25, 0.3) is 0 Å². The van der Waals surface area contributed by atoms with Gasteiger partial charge in [0, 0.05) is 25.3 Å². The van der Waals surface area contributed by atoms with Gasteiger partial charge in [-0.3, -0.25) is 4.99 Å². The third kappa shape index (κ3) is 3.14. The number of rotatable bonds is 4. The Morgan fingerprint density at radius 1 is 1.36 bits per heavy atom. The molecule has 0 radical (unpaired) electrons. The summed E-state index contributed by atoms with van der Waals surface area (Å²) >= 11 is 0. The molecule has 0 heterocycles. The number of hydrogen-bond donors (Lipinski definition) is 1. The third-order valence-electron chi connectivity index (χ3n) is 1.50. The maximum absolute atomic E-state index is 8.46. The van der Waals surface area contributed by atoms with Gasteiger partial charge in [0.05, 0.1) is 0 Å². The lowest BCUT2D eigenvalue weighted by Crippen LogP contribution is -1.93. The second-order valence-corrected chi connectivity index (χ2v) is 2.48. The van der Waals surface area contributed by atoms with E-state index in [4.69, 9.17) is 5.11 Å². The zero-order valence-corrected chi connectivity index (χ0v) is 6.48. The minimum atomic E-state index is 0.230. The van der Waals surface area contributed by atoms with E-state index in [2.05, 4.69) is 17.1 Å². The molecule has 2 nitrogen and oxygen atoms in total. The Balaban J connectivity index is 2.14. The molecule has 0 atom stereocenters. The summed E-state index contributed by atoms with van der Waals surface area (Å²) in [6.45, 7) is 0.961. The fourth-order valence-corrected chi connectivity index (χ4v) is 0.907. The van der Waals surface area contributed by atoms with Crippen LogP contribution in [-0.2, 0) is 0 Å². The van der Waals surface area contributed by atoms with Crippen molar-refractivity contribution in [1.82, 2.24) is 0 Å². The van der Waals surface area contributed by atoms with Crippen LogP contribution in [0.3, 0.4) is 0 Å². The molecule has 1 aliphatic carbocycles. The van der Waals surface area contributed by atoms with Crippen LogP contribution in [0, 0.1) is 5.92 Å². The SMILES string of the molecule is OCCCN=CC1C=CC=C1. The Bertz CT molecular complexity index is 170. The molecule has 0 saturated heterocycles. The van der Waals surface area contributed by atoms with Crippen LogP contribution in [-0.4, -0.2) is 24.5 Å². The second kappa shape index (κ2) is 4.85. The van der Waals surface area contributed by atoms with Gasteiger partial charge in [-0.1, -0.05) is 24.3 Å². The van der Waals surface area contributed by atoms with Crippen molar-refractivity contribution in [2.75, 3.05) is 13.2 Å². The highest BCUT2D eigenvalue weighted by Crippen LogP contribution is 2.05. The third-order valence-corrected chi connectivity index (χ3v) is 1.50. The molecule has 0 spiro atoms. The molecule has 0 aromatic heterocycles.